The largest absolute Gasteiger partial charge is 0.318 e. The summed E-state index contributed by atoms with van der Waals surface area (Å²) in [6, 6.07) is 17.4. The third kappa shape index (κ3) is 3.85. The zero-order valence-electron chi connectivity index (χ0n) is 11.8. The Hall–Kier alpha value is -1.25. The van der Waals surface area contributed by atoms with E-state index in [4.69, 9.17) is 0 Å². The number of thioether (sulfide) groups is 1. The van der Waals surface area contributed by atoms with Crippen LogP contribution in [0.5, 0.6) is 0 Å². The van der Waals surface area contributed by atoms with Gasteiger partial charge in [0.15, 0.2) is 0 Å². The van der Waals surface area contributed by atoms with E-state index in [2.05, 4.69) is 67.7 Å². The van der Waals surface area contributed by atoms with Gasteiger partial charge in [-0.3, -0.25) is 0 Å². The molecule has 2 rings (SSSR count). The van der Waals surface area contributed by atoms with Crippen LogP contribution in [0, 0.1) is 13.8 Å². The molecular formula is C17H21NS. The van der Waals surface area contributed by atoms with Crippen molar-refractivity contribution < 1.29 is 0 Å². The lowest BCUT2D eigenvalue weighted by Crippen LogP contribution is -2.15. The molecule has 0 aliphatic carbocycles. The highest BCUT2D eigenvalue weighted by atomic mass is 32.2. The molecule has 0 radical (unpaired) electrons. The first-order valence-corrected chi connectivity index (χ1v) is 7.52. The van der Waals surface area contributed by atoms with Gasteiger partial charge < -0.3 is 5.32 Å². The lowest BCUT2D eigenvalue weighted by Gasteiger charge is -2.18. The second-order valence-corrected chi connectivity index (χ2v) is 6.09. The summed E-state index contributed by atoms with van der Waals surface area (Å²) in [5.74, 6) is 0. The maximum absolute atomic E-state index is 3.30. The second-order valence-electron chi connectivity index (χ2n) is 4.84. The highest BCUT2D eigenvalue weighted by Gasteiger charge is 2.13. The lowest BCUT2D eigenvalue weighted by molar-refractivity contribution is 0.777. The van der Waals surface area contributed by atoms with Crippen molar-refractivity contribution in [3.8, 4) is 0 Å². The molecule has 0 fully saturated rings. The Labute approximate surface area is 120 Å². The topological polar surface area (TPSA) is 12.0 Å². The van der Waals surface area contributed by atoms with Crippen LogP contribution in [-0.4, -0.2) is 13.6 Å². The Balaban J connectivity index is 2.24. The van der Waals surface area contributed by atoms with Gasteiger partial charge in [0.05, 0.1) is 0 Å². The molecule has 1 unspecified atom stereocenters. The minimum Gasteiger partial charge on any atom is -0.318 e. The second kappa shape index (κ2) is 6.78. The fourth-order valence-corrected chi connectivity index (χ4v) is 3.43. The number of hydrogen-bond acceptors (Lipinski definition) is 2. The van der Waals surface area contributed by atoms with Gasteiger partial charge in [0.25, 0.3) is 0 Å². The summed E-state index contributed by atoms with van der Waals surface area (Å²) in [6.07, 6.45) is 0. The molecule has 0 saturated carbocycles. The van der Waals surface area contributed by atoms with Crippen molar-refractivity contribution in [3.63, 3.8) is 0 Å². The minimum atomic E-state index is 0.451. The molecule has 2 aromatic carbocycles. The summed E-state index contributed by atoms with van der Waals surface area (Å²) < 4.78 is 0. The third-order valence-corrected chi connectivity index (χ3v) is 4.59. The third-order valence-electron chi connectivity index (χ3n) is 3.17. The standard InChI is InChI=1S/C17H21NS/c1-13-9-10-14(2)16(11-13)19-17(12-18-3)15-7-5-4-6-8-15/h4-11,17-18H,12H2,1-3H3. The van der Waals surface area contributed by atoms with Crippen LogP contribution in [0.1, 0.15) is 21.9 Å². The molecule has 0 amide bonds. The molecule has 0 bridgehead atoms. The number of nitrogens with one attached hydrogen (secondary N) is 1. The van der Waals surface area contributed by atoms with Crippen LogP contribution in [-0.2, 0) is 0 Å². The van der Waals surface area contributed by atoms with E-state index in [-0.39, 0.29) is 0 Å². The van der Waals surface area contributed by atoms with Crippen LogP contribution in [0.4, 0.5) is 0 Å². The van der Waals surface area contributed by atoms with Crippen molar-refractivity contribution in [3.05, 3.63) is 65.2 Å². The lowest BCUT2D eigenvalue weighted by atomic mass is 10.1. The fourth-order valence-electron chi connectivity index (χ4n) is 2.07. The Bertz CT molecular complexity index is 522. The summed E-state index contributed by atoms with van der Waals surface area (Å²) in [5, 5.41) is 3.75. The van der Waals surface area contributed by atoms with Gasteiger partial charge in [-0.15, -0.1) is 11.8 Å². The minimum absolute atomic E-state index is 0.451. The Morgan fingerprint density at radius 2 is 1.79 bits per heavy atom. The molecule has 1 N–H and O–H groups in total. The first kappa shape index (κ1) is 14.2. The SMILES string of the molecule is CNCC(Sc1cc(C)ccc1C)c1ccccc1. The van der Waals surface area contributed by atoms with E-state index in [9.17, 15) is 0 Å². The molecule has 2 aromatic rings. The van der Waals surface area contributed by atoms with Crippen molar-refractivity contribution in [1.82, 2.24) is 5.32 Å². The molecule has 19 heavy (non-hydrogen) atoms. The quantitative estimate of drug-likeness (QED) is 0.811. The highest BCUT2D eigenvalue weighted by molar-refractivity contribution is 7.99. The molecule has 1 atom stereocenters. The van der Waals surface area contributed by atoms with Crippen LogP contribution < -0.4 is 5.32 Å². The maximum atomic E-state index is 3.30. The van der Waals surface area contributed by atoms with E-state index in [1.807, 2.05) is 18.8 Å². The predicted octanol–water partition coefficient (Wildman–Crippen LogP) is 4.36. The van der Waals surface area contributed by atoms with E-state index in [1.54, 1.807) is 0 Å². The van der Waals surface area contributed by atoms with E-state index in [0.29, 0.717) is 5.25 Å². The number of rotatable bonds is 5. The molecular weight excluding hydrogens is 250 g/mol. The number of likely N-dealkylation sites (N-methyl/N-ethyl adjacent to an activating group) is 1. The molecule has 0 aliphatic heterocycles. The average molecular weight is 271 g/mol. The van der Waals surface area contributed by atoms with E-state index in [0.717, 1.165) is 6.54 Å². The van der Waals surface area contributed by atoms with Crippen LogP contribution in [0.25, 0.3) is 0 Å². The van der Waals surface area contributed by atoms with E-state index in [1.165, 1.54) is 21.6 Å². The van der Waals surface area contributed by atoms with Crippen molar-refractivity contribution >= 4 is 11.8 Å². The molecule has 0 spiro atoms. The van der Waals surface area contributed by atoms with E-state index >= 15 is 0 Å². The van der Waals surface area contributed by atoms with Crippen LogP contribution in [0.15, 0.2) is 53.4 Å². The summed E-state index contributed by atoms with van der Waals surface area (Å²) >= 11 is 1.94. The van der Waals surface area contributed by atoms with Gasteiger partial charge in [-0.2, -0.15) is 0 Å². The van der Waals surface area contributed by atoms with Gasteiger partial charge in [0.2, 0.25) is 0 Å². The summed E-state index contributed by atoms with van der Waals surface area (Å²) in [4.78, 5) is 1.38. The Morgan fingerprint density at radius 3 is 2.47 bits per heavy atom. The fraction of sp³-hybridized carbons (Fsp3) is 0.294. The monoisotopic (exact) mass is 271 g/mol. The zero-order valence-corrected chi connectivity index (χ0v) is 12.6. The van der Waals surface area contributed by atoms with Crippen LogP contribution in [0.3, 0.4) is 0 Å². The molecule has 0 aromatic heterocycles. The zero-order chi connectivity index (χ0) is 13.7. The smallest absolute Gasteiger partial charge is 0.0469 e. The number of benzene rings is 2. The van der Waals surface area contributed by atoms with Crippen molar-refractivity contribution in [1.29, 1.82) is 0 Å². The Morgan fingerprint density at radius 1 is 1.05 bits per heavy atom. The van der Waals surface area contributed by atoms with Gasteiger partial charge in [-0.1, -0.05) is 48.0 Å². The van der Waals surface area contributed by atoms with Crippen LogP contribution >= 0.6 is 11.8 Å². The van der Waals surface area contributed by atoms with Gasteiger partial charge >= 0.3 is 0 Å². The summed E-state index contributed by atoms with van der Waals surface area (Å²) in [5.41, 5.74) is 4.06. The van der Waals surface area contributed by atoms with Crippen molar-refractivity contribution in [2.75, 3.05) is 13.6 Å². The molecule has 0 saturated heterocycles. The predicted molar refractivity (Wildman–Crippen MR) is 84.9 cm³/mol. The first-order chi connectivity index (χ1) is 9.20. The van der Waals surface area contributed by atoms with Crippen molar-refractivity contribution in [2.24, 2.45) is 0 Å². The van der Waals surface area contributed by atoms with Gasteiger partial charge in [-0.05, 0) is 38.1 Å². The maximum Gasteiger partial charge on any atom is 0.0469 e. The molecule has 2 heteroatoms. The Kier molecular flexibility index (Phi) is 5.06. The molecule has 0 heterocycles. The van der Waals surface area contributed by atoms with Gasteiger partial charge in [0.1, 0.15) is 0 Å². The normalized spacial score (nSPS) is 12.4. The van der Waals surface area contributed by atoms with Gasteiger partial charge in [-0.25, -0.2) is 0 Å². The molecule has 100 valence electrons. The molecule has 0 aliphatic rings. The number of aryl methyl sites for hydroxylation is 2. The first-order valence-electron chi connectivity index (χ1n) is 6.64. The van der Waals surface area contributed by atoms with Gasteiger partial charge in [0, 0.05) is 16.7 Å². The number of hydrogen-bond donors (Lipinski definition) is 1. The molecule has 1 nitrogen and oxygen atoms in total. The van der Waals surface area contributed by atoms with E-state index < -0.39 is 0 Å². The summed E-state index contributed by atoms with van der Waals surface area (Å²) in [6.45, 7) is 5.31. The highest BCUT2D eigenvalue weighted by Crippen LogP contribution is 2.36. The van der Waals surface area contributed by atoms with Crippen LogP contribution in [0.2, 0.25) is 0 Å². The average Bonchev–Trinajstić information content (AvgIpc) is 2.43. The summed E-state index contributed by atoms with van der Waals surface area (Å²) in [7, 11) is 2.01. The van der Waals surface area contributed by atoms with Crippen molar-refractivity contribution in [2.45, 2.75) is 24.0 Å².